The second kappa shape index (κ2) is 15.1. The summed E-state index contributed by atoms with van der Waals surface area (Å²) in [6.45, 7) is 20.9. The average Bonchev–Trinajstić information content (AvgIpc) is 3.02. The molecule has 0 spiro atoms. The van der Waals surface area contributed by atoms with Crippen LogP contribution in [0.25, 0.3) is 5.57 Å². The van der Waals surface area contributed by atoms with E-state index in [1.807, 2.05) is 40.7 Å². The fourth-order valence-corrected chi connectivity index (χ4v) is 8.09. The van der Waals surface area contributed by atoms with E-state index < -0.39 is 5.67 Å². The maximum Gasteiger partial charge on any atom is 0.123 e. The minimum atomic E-state index is -0.851. The molecule has 1 aliphatic heterocycles. The number of hydrogen-bond acceptors (Lipinski definition) is 2. The van der Waals surface area contributed by atoms with Crippen LogP contribution in [0.15, 0.2) is 72.8 Å². The Balaban J connectivity index is 0.00000111. The van der Waals surface area contributed by atoms with Gasteiger partial charge in [0.05, 0.1) is 0 Å². The lowest BCUT2D eigenvalue weighted by Crippen LogP contribution is -2.68. The summed E-state index contributed by atoms with van der Waals surface area (Å²) < 4.78 is 28.3. The van der Waals surface area contributed by atoms with Crippen molar-refractivity contribution < 1.29 is 8.78 Å². The molecule has 0 N–H and O–H groups in total. The number of rotatable bonds is 9. The predicted octanol–water partition coefficient (Wildman–Crippen LogP) is 10.9. The zero-order valence-corrected chi connectivity index (χ0v) is 29.1. The second-order valence-corrected chi connectivity index (χ2v) is 13.3. The summed E-state index contributed by atoms with van der Waals surface area (Å²) in [5.41, 5.74) is 7.69. The summed E-state index contributed by atoms with van der Waals surface area (Å²) in [6, 6.07) is 22.8. The van der Waals surface area contributed by atoms with Crippen molar-refractivity contribution in [3.05, 3.63) is 106 Å². The topological polar surface area (TPSA) is 6.48 Å². The summed E-state index contributed by atoms with van der Waals surface area (Å²) in [5.74, 6) is 0.425. The molecule has 3 saturated carbocycles. The van der Waals surface area contributed by atoms with E-state index >= 15 is 0 Å². The standard InChI is InChI=1S/C37H44F2N2.2C2H6/c1-5-33(31-10-8-11-32(38)20-31)34-14-13-29(19-27(34)3)21-40-17-15-30(16-18-40)28(4)41(35-12-7-6-9-26(35)2)25-36-22-37(39,23-36)24-36;2*1-2/h5-14,19-20,28,30H,15-18,21-25H2,1-4H3;2*1-2H3/b33-5-;;. The predicted molar refractivity (Wildman–Crippen MR) is 189 cm³/mol. The lowest BCUT2D eigenvalue weighted by atomic mass is 9.42. The van der Waals surface area contributed by atoms with Crippen LogP contribution in [0.3, 0.4) is 0 Å². The van der Waals surface area contributed by atoms with Crippen molar-refractivity contribution in [1.82, 2.24) is 4.90 Å². The highest BCUT2D eigenvalue weighted by molar-refractivity contribution is 5.81. The van der Waals surface area contributed by atoms with Gasteiger partial charge in [-0.25, -0.2) is 8.78 Å². The highest BCUT2D eigenvalue weighted by atomic mass is 19.1. The molecule has 3 aliphatic carbocycles. The molecular formula is C41H56F2N2. The fraction of sp³-hybridized carbons (Fsp3) is 0.512. The Bertz CT molecular complexity index is 1420. The number of aryl methyl sites for hydroxylation is 2. The molecule has 0 amide bonds. The lowest BCUT2D eigenvalue weighted by molar-refractivity contribution is -0.207. The van der Waals surface area contributed by atoms with Crippen LogP contribution in [0.1, 0.15) is 101 Å². The zero-order valence-electron chi connectivity index (χ0n) is 29.1. The van der Waals surface area contributed by atoms with Crippen molar-refractivity contribution in [3.63, 3.8) is 0 Å². The van der Waals surface area contributed by atoms with Gasteiger partial charge in [-0.1, -0.05) is 82.3 Å². The summed E-state index contributed by atoms with van der Waals surface area (Å²) in [4.78, 5) is 5.22. The van der Waals surface area contributed by atoms with Crippen molar-refractivity contribution in [2.45, 2.75) is 106 Å². The van der Waals surface area contributed by atoms with Gasteiger partial charge in [-0.2, -0.15) is 0 Å². The summed E-state index contributed by atoms with van der Waals surface area (Å²) >= 11 is 0. The van der Waals surface area contributed by atoms with Crippen LogP contribution >= 0.6 is 0 Å². The molecule has 2 bridgehead atoms. The van der Waals surface area contributed by atoms with Crippen LogP contribution in [0.2, 0.25) is 0 Å². The van der Waals surface area contributed by atoms with Crippen LogP contribution in [0.5, 0.6) is 0 Å². The normalized spacial score (nSPS) is 23.4. The molecule has 1 unspecified atom stereocenters. The highest BCUT2D eigenvalue weighted by Crippen LogP contribution is 2.69. The maximum atomic E-state index is 14.4. The molecule has 4 aliphatic rings. The molecule has 0 aromatic heterocycles. The van der Waals surface area contributed by atoms with E-state index in [0.29, 0.717) is 12.0 Å². The van der Waals surface area contributed by atoms with E-state index in [4.69, 9.17) is 0 Å². The number of halogens is 2. The Morgan fingerprint density at radius 1 is 0.911 bits per heavy atom. The van der Waals surface area contributed by atoms with E-state index in [1.54, 1.807) is 12.1 Å². The first kappa shape index (κ1) is 34.9. The van der Waals surface area contributed by atoms with Crippen molar-refractivity contribution in [2.75, 3.05) is 24.5 Å². The second-order valence-electron chi connectivity index (χ2n) is 13.3. The van der Waals surface area contributed by atoms with E-state index in [1.165, 1.54) is 41.3 Å². The lowest BCUT2D eigenvalue weighted by Gasteiger charge is -2.67. The van der Waals surface area contributed by atoms with Gasteiger partial charge in [0.1, 0.15) is 11.5 Å². The number of para-hydroxylation sites is 1. The van der Waals surface area contributed by atoms with Crippen molar-refractivity contribution in [2.24, 2.45) is 11.3 Å². The van der Waals surface area contributed by atoms with E-state index in [9.17, 15) is 8.78 Å². The number of anilines is 1. The SMILES string of the molecule is C/C=C(/c1cccc(F)c1)c1ccc(CN2CCC(C(C)N(CC34CC(F)(C3)C4)c3ccccc3C)CC2)cc1C.CC.CC. The number of alkyl halides is 1. The van der Waals surface area contributed by atoms with Crippen LogP contribution in [0.4, 0.5) is 14.5 Å². The Morgan fingerprint density at radius 2 is 1.58 bits per heavy atom. The quantitative estimate of drug-likeness (QED) is 0.237. The van der Waals surface area contributed by atoms with Crippen LogP contribution in [-0.4, -0.2) is 36.2 Å². The highest BCUT2D eigenvalue weighted by Gasteiger charge is 2.69. The first-order chi connectivity index (χ1) is 21.7. The first-order valence-corrected chi connectivity index (χ1v) is 17.4. The van der Waals surface area contributed by atoms with Crippen LogP contribution in [0, 0.1) is 31.0 Å². The molecule has 244 valence electrons. The zero-order chi connectivity index (χ0) is 32.8. The maximum absolute atomic E-state index is 14.4. The smallest absolute Gasteiger partial charge is 0.123 e. The molecule has 1 atom stereocenters. The van der Waals surface area contributed by atoms with Gasteiger partial charge in [-0.05, 0) is 136 Å². The number of nitrogens with zero attached hydrogens (tertiary/aromatic N) is 2. The van der Waals surface area contributed by atoms with Crippen molar-refractivity contribution in [1.29, 1.82) is 0 Å². The Morgan fingerprint density at radius 3 is 2.16 bits per heavy atom. The number of benzene rings is 3. The molecule has 3 aromatic rings. The van der Waals surface area contributed by atoms with Crippen LogP contribution < -0.4 is 4.90 Å². The molecular weight excluding hydrogens is 558 g/mol. The minimum absolute atomic E-state index is 0.192. The minimum Gasteiger partial charge on any atom is -0.368 e. The van der Waals surface area contributed by atoms with Gasteiger partial charge >= 0.3 is 0 Å². The van der Waals surface area contributed by atoms with Crippen LogP contribution in [-0.2, 0) is 6.54 Å². The Labute approximate surface area is 272 Å². The molecule has 3 aromatic carbocycles. The number of piperidine rings is 1. The molecule has 45 heavy (non-hydrogen) atoms. The van der Waals surface area contributed by atoms with E-state index in [-0.39, 0.29) is 11.2 Å². The van der Waals surface area contributed by atoms with Gasteiger partial charge < -0.3 is 4.90 Å². The third-order valence-electron chi connectivity index (χ3n) is 10.2. The first-order valence-electron chi connectivity index (χ1n) is 17.4. The van der Waals surface area contributed by atoms with E-state index in [0.717, 1.165) is 62.1 Å². The Kier molecular flexibility index (Phi) is 11.7. The Hall–Kier alpha value is -2.98. The molecule has 2 nitrogen and oxygen atoms in total. The molecule has 1 heterocycles. The third-order valence-corrected chi connectivity index (χ3v) is 10.2. The number of allylic oxidation sites excluding steroid dienone is 1. The van der Waals surface area contributed by atoms with Gasteiger partial charge in [0.25, 0.3) is 0 Å². The average molecular weight is 615 g/mol. The van der Waals surface area contributed by atoms with Gasteiger partial charge in [-0.3, -0.25) is 4.90 Å². The number of likely N-dealkylation sites (tertiary alicyclic amines) is 1. The van der Waals surface area contributed by atoms with Gasteiger partial charge in [-0.15, -0.1) is 0 Å². The number of hydrogen-bond donors (Lipinski definition) is 0. The molecule has 4 fully saturated rings. The molecule has 1 saturated heterocycles. The molecule has 7 rings (SSSR count). The van der Waals surface area contributed by atoms with Gasteiger partial charge in [0.2, 0.25) is 0 Å². The molecule has 4 heteroatoms. The van der Waals surface area contributed by atoms with Crippen molar-refractivity contribution in [3.8, 4) is 0 Å². The van der Waals surface area contributed by atoms with Gasteiger partial charge in [0.15, 0.2) is 0 Å². The fourth-order valence-electron chi connectivity index (χ4n) is 8.09. The third kappa shape index (κ3) is 7.71. The monoisotopic (exact) mass is 614 g/mol. The molecule has 0 radical (unpaired) electrons. The van der Waals surface area contributed by atoms with Crippen molar-refractivity contribution >= 4 is 11.3 Å². The largest absolute Gasteiger partial charge is 0.368 e. The summed E-state index contributed by atoms with van der Waals surface area (Å²) in [5, 5.41) is 0. The summed E-state index contributed by atoms with van der Waals surface area (Å²) in [7, 11) is 0. The van der Waals surface area contributed by atoms with Gasteiger partial charge in [0, 0.05) is 24.8 Å². The van der Waals surface area contributed by atoms with E-state index in [2.05, 4.69) is 79.1 Å². The summed E-state index contributed by atoms with van der Waals surface area (Å²) in [6.07, 6.45) is 6.70.